The number of benzene rings is 1. The Morgan fingerprint density at radius 1 is 1.47 bits per heavy atom. The van der Waals surface area contributed by atoms with Crippen molar-refractivity contribution in [3.05, 3.63) is 34.3 Å². The van der Waals surface area contributed by atoms with Crippen molar-refractivity contribution in [2.45, 2.75) is 25.3 Å². The van der Waals surface area contributed by atoms with Crippen molar-refractivity contribution in [1.29, 1.82) is 0 Å². The van der Waals surface area contributed by atoms with Gasteiger partial charge in [-0.3, -0.25) is 4.79 Å². The molecule has 0 saturated heterocycles. The first-order valence-corrected chi connectivity index (χ1v) is 6.43. The Kier molecular flexibility index (Phi) is 5.65. The summed E-state index contributed by atoms with van der Waals surface area (Å²) < 4.78 is 1.06. The smallest absolute Gasteiger partial charge is 0.303 e. The molecule has 0 aliphatic heterocycles. The number of hydrogen-bond acceptors (Lipinski definition) is 2. The summed E-state index contributed by atoms with van der Waals surface area (Å²) in [6.07, 6.45) is 1.79. The first-order chi connectivity index (χ1) is 8.00. The Hall–Kier alpha value is -0.870. The van der Waals surface area contributed by atoms with Crippen molar-refractivity contribution >= 4 is 21.9 Å². The van der Waals surface area contributed by atoms with Crippen LogP contribution in [-0.2, 0) is 4.79 Å². The standard InChI is InChI=1S/C13H18BrNO2/c1-15(2)12(7-4-8-13(16)17)10-5-3-6-11(14)9-10/h3,5-6,9,12H,4,7-8H2,1-2H3,(H,16,17). The molecule has 1 unspecified atom stereocenters. The molecule has 17 heavy (non-hydrogen) atoms. The van der Waals surface area contributed by atoms with Crippen LogP contribution in [0.1, 0.15) is 30.9 Å². The second-order valence-electron chi connectivity index (χ2n) is 4.32. The van der Waals surface area contributed by atoms with Crippen molar-refractivity contribution in [3.8, 4) is 0 Å². The molecule has 0 aliphatic rings. The minimum absolute atomic E-state index is 0.234. The summed E-state index contributed by atoms with van der Waals surface area (Å²) in [6.45, 7) is 0. The molecule has 0 aromatic heterocycles. The van der Waals surface area contributed by atoms with Gasteiger partial charge < -0.3 is 10.0 Å². The Balaban J connectivity index is 2.69. The number of aliphatic carboxylic acids is 1. The van der Waals surface area contributed by atoms with E-state index >= 15 is 0 Å². The van der Waals surface area contributed by atoms with Gasteiger partial charge in [0, 0.05) is 16.9 Å². The molecule has 0 bridgehead atoms. The lowest BCUT2D eigenvalue weighted by Crippen LogP contribution is -2.20. The summed E-state index contributed by atoms with van der Waals surface area (Å²) in [6, 6.07) is 8.44. The zero-order valence-electron chi connectivity index (χ0n) is 10.2. The summed E-state index contributed by atoms with van der Waals surface area (Å²) in [7, 11) is 4.04. The maximum Gasteiger partial charge on any atom is 0.303 e. The Bertz CT molecular complexity index is 379. The molecule has 0 radical (unpaired) electrons. The molecule has 0 amide bonds. The number of rotatable bonds is 6. The average Bonchev–Trinajstić information content (AvgIpc) is 2.23. The van der Waals surface area contributed by atoms with Gasteiger partial charge in [-0.1, -0.05) is 28.1 Å². The van der Waals surface area contributed by atoms with Crippen molar-refractivity contribution in [2.75, 3.05) is 14.1 Å². The van der Waals surface area contributed by atoms with Gasteiger partial charge in [0.05, 0.1) is 0 Å². The average molecular weight is 300 g/mol. The number of nitrogens with zero attached hydrogens (tertiary/aromatic N) is 1. The fraction of sp³-hybridized carbons (Fsp3) is 0.462. The second-order valence-corrected chi connectivity index (χ2v) is 5.24. The maximum atomic E-state index is 10.5. The van der Waals surface area contributed by atoms with Gasteiger partial charge in [-0.25, -0.2) is 0 Å². The normalized spacial score (nSPS) is 12.7. The topological polar surface area (TPSA) is 40.5 Å². The molecule has 1 aromatic carbocycles. The summed E-state index contributed by atoms with van der Waals surface area (Å²) >= 11 is 3.46. The summed E-state index contributed by atoms with van der Waals surface area (Å²) in [5, 5.41) is 8.66. The predicted octanol–water partition coefficient (Wildman–Crippen LogP) is 3.31. The van der Waals surface area contributed by atoms with E-state index in [-0.39, 0.29) is 12.5 Å². The van der Waals surface area contributed by atoms with E-state index < -0.39 is 5.97 Å². The molecule has 0 saturated carbocycles. The molecule has 3 nitrogen and oxygen atoms in total. The highest BCUT2D eigenvalue weighted by atomic mass is 79.9. The first kappa shape index (κ1) is 14.2. The van der Waals surface area contributed by atoms with Crippen molar-refractivity contribution in [1.82, 2.24) is 4.90 Å². The van der Waals surface area contributed by atoms with E-state index in [1.165, 1.54) is 5.56 Å². The second kappa shape index (κ2) is 6.77. The van der Waals surface area contributed by atoms with E-state index in [4.69, 9.17) is 5.11 Å². The molecular formula is C13H18BrNO2. The summed E-state index contributed by atoms with van der Waals surface area (Å²) in [4.78, 5) is 12.6. The van der Waals surface area contributed by atoms with Gasteiger partial charge in [0.15, 0.2) is 0 Å². The molecule has 4 heteroatoms. The SMILES string of the molecule is CN(C)C(CCCC(=O)O)c1cccc(Br)c1. The van der Waals surface area contributed by atoms with Crippen LogP contribution in [0.3, 0.4) is 0 Å². The maximum absolute atomic E-state index is 10.5. The van der Waals surface area contributed by atoms with E-state index in [9.17, 15) is 4.79 Å². The lowest BCUT2D eigenvalue weighted by Gasteiger charge is -2.24. The molecule has 1 aromatic rings. The summed E-state index contributed by atoms with van der Waals surface area (Å²) in [5.41, 5.74) is 1.22. The minimum Gasteiger partial charge on any atom is -0.481 e. The molecular weight excluding hydrogens is 282 g/mol. The van der Waals surface area contributed by atoms with Crippen molar-refractivity contribution in [2.24, 2.45) is 0 Å². The van der Waals surface area contributed by atoms with Crippen LogP contribution in [0, 0.1) is 0 Å². The third kappa shape index (κ3) is 4.88. The first-order valence-electron chi connectivity index (χ1n) is 5.64. The highest BCUT2D eigenvalue weighted by Gasteiger charge is 2.14. The third-order valence-electron chi connectivity index (χ3n) is 2.72. The molecule has 94 valence electrons. The minimum atomic E-state index is -0.725. The van der Waals surface area contributed by atoms with Crippen molar-refractivity contribution in [3.63, 3.8) is 0 Å². The quantitative estimate of drug-likeness (QED) is 0.876. The van der Waals surface area contributed by atoms with Crippen LogP contribution in [0.5, 0.6) is 0 Å². The van der Waals surface area contributed by atoms with Crippen molar-refractivity contribution < 1.29 is 9.90 Å². The van der Waals surface area contributed by atoms with E-state index in [0.717, 1.165) is 10.9 Å². The lowest BCUT2D eigenvalue weighted by atomic mass is 10.0. The number of carbonyl (C=O) groups is 1. The highest BCUT2D eigenvalue weighted by molar-refractivity contribution is 9.10. The fourth-order valence-corrected chi connectivity index (χ4v) is 2.30. The molecule has 0 aliphatic carbocycles. The predicted molar refractivity (Wildman–Crippen MR) is 72.1 cm³/mol. The highest BCUT2D eigenvalue weighted by Crippen LogP contribution is 2.26. The van der Waals surface area contributed by atoms with Crippen LogP contribution in [0.25, 0.3) is 0 Å². The van der Waals surface area contributed by atoms with Gasteiger partial charge in [0.1, 0.15) is 0 Å². The van der Waals surface area contributed by atoms with Gasteiger partial charge >= 0.3 is 5.97 Å². The van der Waals surface area contributed by atoms with E-state index in [2.05, 4.69) is 33.0 Å². The van der Waals surface area contributed by atoms with Gasteiger partial charge in [-0.15, -0.1) is 0 Å². The molecule has 1 rings (SSSR count). The molecule has 1 atom stereocenters. The number of carboxylic acid groups (broad SMARTS) is 1. The zero-order valence-corrected chi connectivity index (χ0v) is 11.8. The van der Waals surface area contributed by atoms with Crippen LogP contribution in [0.15, 0.2) is 28.7 Å². The molecule has 0 spiro atoms. The largest absolute Gasteiger partial charge is 0.481 e. The molecule has 0 fully saturated rings. The van der Waals surface area contributed by atoms with Gasteiger partial charge in [-0.05, 0) is 44.6 Å². The van der Waals surface area contributed by atoms with E-state index in [1.54, 1.807) is 0 Å². The fourth-order valence-electron chi connectivity index (χ4n) is 1.88. The van der Waals surface area contributed by atoms with Crippen LogP contribution >= 0.6 is 15.9 Å². The van der Waals surface area contributed by atoms with Crippen LogP contribution in [-0.4, -0.2) is 30.1 Å². The van der Waals surface area contributed by atoms with Gasteiger partial charge in [-0.2, -0.15) is 0 Å². The van der Waals surface area contributed by atoms with Gasteiger partial charge in [0.25, 0.3) is 0 Å². The molecule has 0 heterocycles. The Morgan fingerprint density at radius 2 is 2.18 bits per heavy atom. The van der Waals surface area contributed by atoms with Crippen LogP contribution < -0.4 is 0 Å². The van der Waals surface area contributed by atoms with Gasteiger partial charge in [0.2, 0.25) is 0 Å². The summed E-state index contributed by atoms with van der Waals surface area (Å²) in [5.74, 6) is -0.725. The third-order valence-corrected chi connectivity index (χ3v) is 3.22. The lowest BCUT2D eigenvalue weighted by molar-refractivity contribution is -0.137. The van der Waals surface area contributed by atoms with E-state index in [0.29, 0.717) is 6.42 Å². The zero-order chi connectivity index (χ0) is 12.8. The number of carboxylic acids is 1. The Morgan fingerprint density at radius 3 is 2.71 bits per heavy atom. The van der Waals surface area contributed by atoms with E-state index in [1.807, 2.05) is 26.2 Å². The Labute approximate surface area is 111 Å². The van der Waals surface area contributed by atoms with Crippen LogP contribution in [0.4, 0.5) is 0 Å². The number of hydrogen-bond donors (Lipinski definition) is 1. The van der Waals surface area contributed by atoms with Crippen LogP contribution in [0.2, 0.25) is 0 Å². The monoisotopic (exact) mass is 299 g/mol. The molecule has 1 N–H and O–H groups in total. The number of halogens is 1.